The fourth-order valence-corrected chi connectivity index (χ4v) is 1.84. The molecule has 1 saturated heterocycles. The quantitative estimate of drug-likeness (QED) is 0.653. The van der Waals surface area contributed by atoms with E-state index in [9.17, 15) is 4.79 Å². The topological polar surface area (TPSA) is 38.8 Å². The van der Waals surface area contributed by atoms with Crippen molar-refractivity contribution in [2.45, 2.75) is 25.8 Å². The summed E-state index contributed by atoms with van der Waals surface area (Å²) in [7, 11) is 3.40. The van der Waals surface area contributed by atoms with Crippen molar-refractivity contribution in [3.63, 3.8) is 0 Å². The minimum absolute atomic E-state index is 0.155. The minimum Gasteiger partial charge on any atom is -0.468 e. The van der Waals surface area contributed by atoms with E-state index in [2.05, 4.69) is 4.90 Å². The molecule has 1 fully saturated rings. The highest BCUT2D eigenvalue weighted by Gasteiger charge is 2.22. The van der Waals surface area contributed by atoms with Crippen LogP contribution in [0.2, 0.25) is 0 Å². The van der Waals surface area contributed by atoms with Gasteiger partial charge in [-0.05, 0) is 32.7 Å². The van der Waals surface area contributed by atoms with Gasteiger partial charge >= 0.3 is 5.97 Å². The van der Waals surface area contributed by atoms with E-state index in [1.165, 1.54) is 7.11 Å². The van der Waals surface area contributed by atoms with Crippen LogP contribution in [0.4, 0.5) is 0 Å². The molecule has 0 aromatic carbocycles. The number of hydrogen-bond acceptors (Lipinski definition) is 4. The molecular formula is C11H21NO3. The van der Waals surface area contributed by atoms with Gasteiger partial charge in [-0.15, -0.1) is 0 Å². The maximum atomic E-state index is 11.3. The molecule has 4 nitrogen and oxygen atoms in total. The highest BCUT2D eigenvalue weighted by Crippen LogP contribution is 2.16. The van der Waals surface area contributed by atoms with Crippen LogP contribution in [-0.4, -0.2) is 50.8 Å². The molecule has 15 heavy (non-hydrogen) atoms. The summed E-state index contributed by atoms with van der Waals surface area (Å²) in [5.74, 6) is 0.486. The predicted molar refractivity (Wildman–Crippen MR) is 57.7 cm³/mol. The summed E-state index contributed by atoms with van der Waals surface area (Å²) in [6.45, 7) is 4.53. The first-order valence-electron chi connectivity index (χ1n) is 5.51. The molecule has 1 aliphatic heterocycles. The molecule has 0 saturated carbocycles. The van der Waals surface area contributed by atoms with Crippen LogP contribution < -0.4 is 0 Å². The number of carbonyl (C=O) groups is 1. The third-order valence-electron chi connectivity index (χ3n) is 3.09. The summed E-state index contributed by atoms with van der Waals surface area (Å²) in [5.41, 5.74) is 0. The number of nitrogens with zero attached hydrogens (tertiary/aromatic N) is 1. The summed E-state index contributed by atoms with van der Waals surface area (Å²) in [6.07, 6.45) is 2.19. The van der Waals surface area contributed by atoms with Gasteiger partial charge in [0.05, 0.1) is 7.11 Å². The van der Waals surface area contributed by atoms with Crippen molar-refractivity contribution >= 4 is 5.97 Å². The second-order valence-corrected chi connectivity index (χ2v) is 4.19. The lowest BCUT2D eigenvalue weighted by atomic mass is 9.99. The summed E-state index contributed by atoms with van der Waals surface area (Å²) in [5, 5.41) is 0. The van der Waals surface area contributed by atoms with Crippen molar-refractivity contribution in [2.75, 3.05) is 33.9 Å². The summed E-state index contributed by atoms with van der Waals surface area (Å²) >= 11 is 0. The first-order valence-corrected chi connectivity index (χ1v) is 5.51. The summed E-state index contributed by atoms with van der Waals surface area (Å²) < 4.78 is 10.0. The highest BCUT2D eigenvalue weighted by molar-refractivity contribution is 5.75. The summed E-state index contributed by atoms with van der Waals surface area (Å²) in [4.78, 5) is 13.4. The van der Waals surface area contributed by atoms with Crippen LogP contribution in [0.5, 0.6) is 0 Å². The van der Waals surface area contributed by atoms with Gasteiger partial charge in [-0.1, -0.05) is 0 Å². The smallest absolute Gasteiger partial charge is 0.322 e. The van der Waals surface area contributed by atoms with Crippen LogP contribution in [0.25, 0.3) is 0 Å². The van der Waals surface area contributed by atoms with Crippen LogP contribution in [0.15, 0.2) is 0 Å². The minimum atomic E-state index is -0.162. The van der Waals surface area contributed by atoms with E-state index < -0.39 is 0 Å². The second-order valence-electron chi connectivity index (χ2n) is 4.19. The number of carbonyl (C=O) groups excluding carboxylic acids is 1. The van der Waals surface area contributed by atoms with E-state index in [1.807, 2.05) is 14.0 Å². The van der Waals surface area contributed by atoms with E-state index in [4.69, 9.17) is 9.47 Å². The molecule has 1 aliphatic rings. The number of rotatable bonds is 4. The van der Waals surface area contributed by atoms with Crippen LogP contribution in [0.3, 0.4) is 0 Å². The highest BCUT2D eigenvalue weighted by atomic mass is 16.5. The van der Waals surface area contributed by atoms with Gasteiger partial charge in [-0.2, -0.15) is 0 Å². The molecule has 1 heterocycles. The Bertz CT molecular complexity index is 202. The largest absolute Gasteiger partial charge is 0.468 e. The molecule has 88 valence electrons. The summed E-state index contributed by atoms with van der Waals surface area (Å²) in [6, 6.07) is -0.155. The standard InChI is InChI=1S/C11H21NO3/c1-9(11(13)14-3)12(2)8-10-4-6-15-7-5-10/h9-10H,4-8H2,1-3H3. The van der Waals surface area contributed by atoms with E-state index in [0.717, 1.165) is 32.6 Å². The molecule has 0 aliphatic carbocycles. The fraction of sp³-hybridized carbons (Fsp3) is 0.909. The molecule has 0 amide bonds. The Hall–Kier alpha value is -0.610. The van der Waals surface area contributed by atoms with E-state index >= 15 is 0 Å². The van der Waals surface area contributed by atoms with E-state index in [-0.39, 0.29) is 12.0 Å². The third kappa shape index (κ3) is 3.80. The molecule has 1 unspecified atom stereocenters. The molecule has 0 spiro atoms. The lowest BCUT2D eigenvalue weighted by molar-refractivity contribution is -0.146. The maximum absolute atomic E-state index is 11.3. The Balaban J connectivity index is 2.32. The van der Waals surface area contributed by atoms with Crippen LogP contribution in [0, 0.1) is 5.92 Å². The number of esters is 1. The van der Waals surface area contributed by atoms with Gasteiger partial charge in [0, 0.05) is 19.8 Å². The van der Waals surface area contributed by atoms with Crippen LogP contribution in [-0.2, 0) is 14.3 Å². The average Bonchev–Trinajstić information content (AvgIpc) is 2.28. The Kier molecular flexibility index (Phi) is 5.05. The Morgan fingerprint density at radius 3 is 2.67 bits per heavy atom. The molecule has 0 radical (unpaired) electrons. The first-order chi connectivity index (χ1) is 7.15. The zero-order valence-electron chi connectivity index (χ0n) is 9.86. The van der Waals surface area contributed by atoms with Gasteiger partial charge < -0.3 is 9.47 Å². The van der Waals surface area contributed by atoms with Crippen molar-refractivity contribution in [1.82, 2.24) is 4.90 Å². The first kappa shape index (κ1) is 12.5. The Morgan fingerprint density at radius 1 is 1.53 bits per heavy atom. The van der Waals surface area contributed by atoms with Gasteiger partial charge in [-0.25, -0.2) is 0 Å². The third-order valence-corrected chi connectivity index (χ3v) is 3.09. The Labute approximate surface area is 91.5 Å². The van der Waals surface area contributed by atoms with Gasteiger partial charge in [0.2, 0.25) is 0 Å². The van der Waals surface area contributed by atoms with Crippen LogP contribution >= 0.6 is 0 Å². The number of hydrogen-bond donors (Lipinski definition) is 0. The van der Waals surface area contributed by atoms with Gasteiger partial charge in [0.25, 0.3) is 0 Å². The molecule has 0 aromatic heterocycles. The van der Waals surface area contributed by atoms with Crippen LogP contribution in [0.1, 0.15) is 19.8 Å². The van der Waals surface area contributed by atoms with Crippen molar-refractivity contribution in [1.29, 1.82) is 0 Å². The number of ether oxygens (including phenoxy) is 2. The monoisotopic (exact) mass is 215 g/mol. The lowest BCUT2D eigenvalue weighted by Gasteiger charge is -2.29. The van der Waals surface area contributed by atoms with E-state index in [0.29, 0.717) is 5.92 Å². The normalized spacial score (nSPS) is 20.3. The predicted octanol–water partition coefficient (Wildman–Crippen LogP) is 0.906. The van der Waals surface area contributed by atoms with Gasteiger partial charge in [-0.3, -0.25) is 9.69 Å². The SMILES string of the molecule is COC(=O)C(C)N(C)CC1CCOCC1. The second kappa shape index (κ2) is 6.08. The van der Waals surface area contributed by atoms with Crippen molar-refractivity contribution in [3.8, 4) is 0 Å². The zero-order valence-corrected chi connectivity index (χ0v) is 9.86. The molecule has 0 N–H and O–H groups in total. The molecule has 1 rings (SSSR count). The van der Waals surface area contributed by atoms with Crippen molar-refractivity contribution in [2.24, 2.45) is 5.92 Å². The maximum Gasteiger partial charge on any atom is 0.322 e. The van der Waals surface area contributed by atoms with Gasteiger partial charge in [0.1, 0.15) is 6.04 Å². The molecule has 1 atom stereocenters. The van der Waals surface area contributed by atoms with Crippen molar-refractivity contribution in [3.05, 3.63) is 0 Å². The zero-order chi connectivity index (χ0) is 11.3. The molecule has 4 heteroatoms. The molecular weight excluding hydrogens is 194 g/mol. The van der Waals surface area contributed by atoms with E-state index in [1.54, 1.807) is 0 Å². The molecule has 0 aromatic rings. The van der Waals surface area contributed by atoms with Gasteiger partial charge in [0.15, 0.2) is 0 Å². The van der Waals surface area contributed by atoms with Crippen molar-refractivity contribution < 1.29 is 14.3 Å². The number of likely N-dealkylation sites (N-methyl/N-ethyl adjacent to an activating group) is 1. The fourth-order valence-electron chi connectivity index (χ4n) is 1.84. The Morgan fingerprint density at radius 2 is 2.13 bits per heavy atom. The number of methoxy groups -OCH3 is 1. The average molecular weight is 215 g/mol. The molecule has 0 bridgehead atoms. The lowest BCUT2D eigenvalue weighted by Crippen LogP contribution is -2.40.